The monoisotopic (exact) mass is 276 g/mol. The van der Waals surface area contributed by atoms with Crippen LogP contribution in [0.2, 0.25) is 0 Å². The van der Waals surface area contributed by atoms with Gasteiger partial charge in [-0.25, -0.2) is 0 Å². The Balaban J connectivity index is 2.11. The van der Waals surface area contributed by atoms with E-state index in [0.29, 0.717) is 15.7 Å². The average molecular weight is 276 g/mol. The zero-order chi connectivity index (χ0) is 14.0. The zero-order valence-corrected chi connectivity index (χ0v) is 11.9. The maximum atomic E-state index is 12.0. The predicted molar refractivity (Wildman–Crippen MR) is 76.3 cm³/mol. The molecule has 2 rings (SSSR count). The fourth-order valence-corrected chi connectivity index (χ4v) is 2.16. The van der Waals surface area contributed by atoms with Crippen molar-refractivity contribution in [3.05, 3.63) is 40.4 Å². The van der Waals surface area contributed by atoms with Crippen LogP contribution in [0.1, 0.15) is 34.8 Å². The molecular weight excluding hydrogens is 260 g/mol. The second kappa shape index (κ2) is 5.07. The lowest BCUT2D eigenvalue weighted by Crippen LogP contribution is -2.28. The second-order valence-electron chi connectivity index (χ2n) is 4.95. The van der Waals surface area contributed by atoms with Crippen LogP contribution in [0, 0.1) is 6.92 Å². The van der Waals surface area contributed by atoms with Crippen molar-refractivity contribution in [3.8, 4) is 0 Å². The lowest BCUT2D eigenvalue weighted by molar-refractivity contribution is 0.102. The van der Waals surface area contributed by atoms with E-state index in [4.69, 9.17) is 5.73 Å². The molecule has 1 aromatic heterocycles. The van der Waals surface area contributed by atoms with Gasteiger partial charge in [-0.3, -0.25) is 10.1 Å². The third-order valence-corrected chi connectivity index (χ3v) is 3.69. The number of aromatic nitrogens is 2. The molecule has 0 spiro atoms. The van der Waals surface area contributed by atoms with Crippen molar-refractivity contribution in [1.82, 2.24) is 10.2 Å². The number of nitrogens with zero attached hydrogens (tertiary/aromatic N) is 2. The van der Waals surface area contributed by atoms with E-state index in [1.807, 2.05) is 32.9 Å². The van der Waals surface area contributed by atoms with E-state index < -0.39 is 5.54 Å². The number of nitrogens with one attached hydrogen (secondary N) is 1. The zero-order valence-electron chi connectivity index (χ0n) is 11.1. The third kappa shape index (κ3) is 3.36. The molecule has 19 heavy (non-hydrogen) atoms. The van der Waals surface area contributed by atoms with Crippen LogP contribution in [-0.4, -0.2) is 16.1 Å². The van der Waals surface area contributed by atoms with E-state index in [2.05, 4.69) is 15.5 Å². The van der Waals surface area contributed by atoms with E-state index in [1.165, 1.54) is 11.3 Å². The Hall–Kier alpha value is -1.79. The molecule has 0 radical (unpaired) electrons. The van der Waals surface area contributed by atoms with Gasteiger partial charge in [0.05, 0.1) is 5.54 Å². The number of rotatable bonds is 3. The van der Waals surface area contributed by atoms with E-state index in [1.54, 1.807) is 12.1 Å². The molecule has 2 aromatic rings. The highest BCUT2D eigenvalue weighted by molar-refractivity contribution is 7.15. The summed E-state index contributed by atoms with van der Waals surface area (Å²) in [5.41, 5.74) is 7.08. The van der Waals surface area contributed by atoms with Crippen molar-refractivity contribution >= 4 is 22.4 Å². The Morgan fingerprint density at radius 3 is 2.42 bits per heavy atom. The van der Waals surface area contributed by atoms with Gasteiger partial charge in [0.2, 0.25) is 5.13 Å². The van der Waals surface area contributed by atoms with Gasteiger partial charge >= 0.3 is 0 Å². The van der Waals surface area contributed by atoms with Crippen LogP contribution in [0.15, 0.2) is 24.3 Å². The molecule has 0 bridgehead atoms. The molecule has 1 amide bonds. The lowest BCUT2D eigenvalue weighted by atomic mass is 10.1. The molecule has 6 heteroatoms. The van der Waals surface area contributed by atoms with Crippen LogP contribution in [-0.2, 0) is 5.54 Å². The Kier molecular flexibility index (Phi) is 3.64. The van der Waals surface area contributed by atoms with Crippen molar-refractivity contribution in [2.45, 2.75) is 26.3 Å². The number of hydrogen-bond acceptors (Lipinski definition) is 5. The summed E-state index contributed by atoms with van der Waals surface area (Å²) in [6.07, 6.45) is 0. The molecule has 5 nitrogen and oxygen atoms in total. The molecule has 0 atom stereocenters. The van der Waals surface area contributed by atoms with E-state index >= 15 is 0 Å². The predicted octanol–water partition coefficient (Wildman–Crippen LogP) is 2.29. The topological polar surface area (TPSA) is 80.9 Å². The Bertz CT molecular complexity index is 583. The van der Waals surface area contributed by atoms with Crippen molar-refractivity contribution in [2.24, 2.45) is 5.73 Å². The van der Waals surface area contributed by atoms with Crippen molar-refractivity contribution < 1.29 is 4.79 Å². The molecule has 3 N–H and O–H groups in total. The summed E-state index contributed by atoms with van der Waals surface area (Å²) >= 11 is 1.29. The minimum atomic E-state index is -0.551. The van der Waals surface area contributed by atoms with Crippen LogP contribution in [0.5, 0.6) is 0 Å². The summed E-state index contributed by atoms with van der Waals surface area (Å²) in [4.78, 5) is 12.0. The van der Waals surface area contributed by atoms with Gasteiger partial charge in [-0.1, -0.05) is 29.0 Å². The Labute approximate surface area is 115 Å². The van der Waals surface area contributed by atoms with E-state index in [0.717, 1.165) is 5.56 Å². The fraction of sp³-hybridized carbons (Fsp3) is 0.308. The van der Waals surface area contributed by atoms with Crippen LogP contribution >= 0.6 is 11.3 Å². The number of benzene rings is 1. The first-order valence-corrected chi connectivity index (χ1v) is 6.69. The van der Waals surface area contributed by atoms with E-state index in [-0.39, 0.29) is 5.91 Å². The first-order valence-electron chi connectivity index (χ1n) is 5.87. The number of anilines is 1. The maximum Gasteiger partial charge on any atom is 0.257 e. The van der Waals surface area contributed by atoms with Gasteiger partial charge in [0, 0.05) is 5.56 Å². The van der Waals surface area contributed by atoms with E-state index in [9.17, 15) is 4.79 Å². The van der Waals surface area contributed by atoms with Crippen molar-refractivity contribution in [3.63, 3.8) is 0 Å². The summed E-state index contributed by atoms with van der Waals surface area (Å²) < 4.78 is 0. The number of aryl methyl sites for hydroxylation is 1. The SMILES string of the molecule is Cc1ccc(C(=O)Nc2nnc(C(C)(C)N)s2)cc1. The summed E-state index contributed by atoms with van der Waals surface area (Å²) in [5, 5.41) is 11.8. The first-order chi connectivity index (χ1) is 8.86. The second-order valence-corrected chi connectivity index (χ2v) is 5.93. The standard InChI is InChI=1S/C13H16N4OS/c1-8-4-6-9(7-5-8)10(18)15-12-17-16-11(19-12)13(2,3)14/h4-7H,14H2,1-3H3,(H,15,17,18). The van der Waals surface area contributed by atoms with Gasteiger partial charge < -0.3 is 5.73 Å². The maximum absolute atomic E-state index is 12.0. The molecular formula is C13H16N4OS. The largest absolute Gasteiger partial charge is 0.320 e. The molecule has 0 aliphatic heterocycles. The highest BCUT2D eigenvalue weighted by atomic mass is 32.1. The third-order valence-electron chi connectivity index (χ3n) is 2.51. The highest BCUT2D eigenvalue weighted by Crippen LogP contribution is 2.24. The number of nitrogens with two attached hydrogens (primary N) is 1. The number of hydrogen-bond donors (Lipinski definition) is 2. The first kappa shape index (κ1) is 13.6. The lowest BCUT2D eigenvalue weighted by Gasteiger charge is -2.12. The van der Waals surface area contributed by atoms with Gasteiger partial charge in [-0.15, -0.1) is 10.2 Å². The quantitative estimate of drug-likeness (QED) is 0.901. The molecule has 1 aromatic carbocycles. The molecule has 0 unspecified atom stereocenters. The summed E-state index contributed by atoms with van der Waals surface area (Å²) in [6, 6.07) is 7.34. The van der Waals surface area contributed by atoms with Crippen LogP contribution in [0.4, 0.5) is 5.13 Å². The molecule has 0 fully saturated rings. The summed E-state index contributed by atoms with van der Waals surface area (Å²) in [5.74, 6) is -0.197. The Morgan fingerprint density at radius 2 is 1.89 bits per heavy atom. The van der Waals surface area contributed by atoms with Crippen molar-refractivity contribution in [1.29, 1.82) is 0 Å². The molecule has 0 saturated carbocycles. The summed E-state index contributed by atoms with van der Waals surface area (Å²) in [6.45, 7) is 5.67. The number of carbonyl (C=O) groups is 1. The number of carbonyl (C=O) groups excluding carboxylic acids is 1. The van der Waals surface area contributed by atoms with Gasteiger partial charge in [0.25, 0.3) is 5.91 Å². The fourth-order valence-electron chi connectivity index (χ4n) is 1.41. The van der Waals surface area contributed by atoms with Gasteiger partial charge in [-0.2, -0.15) is 0 Å². The van der Waals surface area contributed by atoms with Crippen LogP contribution in [0.25, 0.3) is 0 Å². The van der Waals surface area contributed by atoms with Gasteiger partial charge in [0.15, 0.2) is 0 Å². The highest BCUT2D eigenvalue weighted by Gasteiger charge is 2.20. The van der Waals surface area contributed by atoms with Gasteiger partial charge in [0.1, 0.15) is 5.01 Å². The molecule has 0 aliphatic rings. The molecule has 0 aliphatic carbocycles. The molecule has 1 heterocycles. The minimum absolute atomic E-state index is 0.197. The Morgan fingerprint density at radius 1 is 1.26 bits per heavy atom. The van der Waals surface area contributed by atoms with Crippen LogP contribution < -0.4 is 11.1 Å². The van der Waals surface area contributed by atoms with Gasteiger partial charge in [-0.05, 0) is 32.9 Å². The normalized spacial score (nSPS) is 11.4. The average Bonchev–Trinajstić information content (AvgIpc) is 2.78. The van der Waals surface area contributed by atoms with Crippen LogP contribution in [0.3, 0.4) is 0 Å². The molecule has 0 saturated heterocycles. The number of amides is 1. The smallest absolute Gasteiger partial charge is 0.257 e. The molecule has 100 valence electrons. The summed E-state index contributed by atoms with van der Waals surface area (Å²) in [7, 11) is 0. The van der Waals surface area contributed by atoms with Crippen molar-refractivity contribution in [2.75, 3.05) is 5.32 Å². The minimum Gasteiger partial charge on any atom is -0.320 e.